The van der Waals surface area contributed by atoms with E-state index in [0.717, 1.165) is 12.0 Å². The predicted molar refractivity (Wildman–Crippen MR) is 121 cm³/mol. The third kappa shape index (κ3) is 8.47. The van der Waals surface area contributed by atoms with Crippen LogP contribution in [0, 0.1) is 16.7 Å². The highest BCUT2D eigenvalue weighted by Gasteiger charge is 2.24. The molecule has 0 saturated heterocycles. The number of aromatic nitrogens is 1. The molecular weight excluding hydrogens is 414 g/mol. The Morgan fingerprint density at radius 1 is 1.16 bits per heavy atom. The summed E-state index contributed by atoms with van der Waals surface area (Å²) in [6.07, 6.45) is 1.92. The number of rotatable bonds is 6. The minimum Gasteiger partial charge on any atom is -0.444 e. The van der Waals surface area contributed by atoms with Gasteiger partial charge in [0.1, 0.15) is 17.4 Å². The number of nitriles is 1. The van der Waals surface area contributed by atoms with Crippen molar-refractivity contribution in [2.75, 3.05) is 6.54 Å². The first-order chi connectivity index (χ1) is 14.4. The van der Waals surface area contributed by atoms with E-state index < -0.39 is 5.60 Å². The maximum atomic E-state index is 12.7. The van der Waals surface area contributed by atoms with E-state index in [-0.39, 0.29) is 11.5 Å². The molecule has 0 bridgehead atoms. The summed E-state index contributed by atoms with van der Waals surface area (Å²) in [5.41, 5.74) is 0.834. The highest BCUT2D eigenvalue weighted by Crippen LogP contribution is 2.30. The molecule has 1 heterocycles. The molecule has 0 aliphatic carbocycles. The van der Waals surface area contributed by atoms with Gasteiger partial charge in [-0.3, -0.25) is 0 Å². The van der Waals surface area contributed by atoms with Crippen LogP contribution in [0.15, 0.2) is 36.5 Å². The molecule has 2 rings (SSSR count). The second-order valence-electron chi connectivity index (χ2n) is 9.58. The van der Waals surface area contributed by atoms with E-state index >= 15 is 0 Å². The summed E-state index contributed by atoms with van der Waals surface area (Å²) in [6, 6.07) is 10.6. The van der Waals surface area contributed by atoms with Gasteiger partial charge in [0.15, 0.2) is 0 Å². The summed E-state index contributed by atoms with van der Waals surface area (Å²) < 4.78 is 11.3. The Balaban J connectivity index is 2.15. The van der Waals surface area contributed by atoms with E-state index in [2.05, 4.69) is 25.8 Å². The molecule has 6 nitrogen and oxygen atoms in total. The molecular formula is C24H30ClN3O3. The van der Waals surface area contributed by atoms with Gasteiger partial charge in [0.05, 0.1) is 10.6 Å². The van der Waals surface area contributed by atoms with Gasteiger partial charge < -0.3 is 14.4 Å². The van der Waals surface area contributed by atoms with Crippen LogP contribution in [0.5, 0.6) is 11.6 Å². The lowest BCUT2D eigenvalue weighted by Crippen LogP contribution is -2.38. The number of carbonyl (C=O) groups is 1. The number of carbonyl (C=O) groups excluding carboxylic acids is 1. The van der Waals surface area contributed by atoms with Crippen LogP contribution in [0.4, 0.5) is 4.79 Å². The first-order valence-electron chi connectivity index (χ1n) is 10.2. The van der Waals surface area contributed by atoms with Crippen molar-refractivity contribution < 1.29 is 14.3 Å². The van der Waals surface area contributed by atoms with Gasteiger partial charge in [0.2, 0.25) is 5.88 Å². The van der Waals surface area contributed by atoms with E-state index in [1.165, 1.54) is 6.20 Å². The van der Waals surface area contributed by atoms with Gasteiger partial charge >= 0.3 is 6.09 Å². The normalized spacial score (nSPS) is 11.5. The molecule has 0 spiro atoms. The number of hydrogen-bond donors (Lipinski definition) is 0. The van der Waals surface area contributed by atoms with E-state index in [1.54, 1.807) is 29.2 Å². The van der Waals surface area contributed by atoms with Crippen LogP contribution >= 0.6 is 11.6 Å². The lowest BCUT2D eigenvalue weighted by Gasteiger charge is -2.30. The highest BCUT2D eigenvalue weighted by atomic mass is 35.5. The summed E-state index contributed by atoms with van der Waals surface area (Å²) in [4.78, 5) is 18.5. The van der Waals surface area contributed by atoms with E-state index in [1.807, 2.05) is 32.9 Å². The fourth-order valence-electron chi connectivity index (χ4n) is 2.60. The lowest BCUT2D eigenvalue weighted by molar-refractivity contribution is 0.0215. The smallest absolute Gasteiger partial charge is 0.410 e. The molecule has 0 atom stereocenters. The molecule has 0 unspecified atom stereocenters. The molecule has 0 aliphatic heterocycles. The maximum Gasteiger partial charge on any atom is 0.410 e. The SMILES string of the molecule is CC(C)(C)CCN(Cc1ccc(Oc2ccc(C#N)cn2)c(Cl)c1)C(=O)OC(C)(C)C. The number of ether oxygens (including phenoxy) is 2. The molecule has 0 radical (unpaired) electrons. The van der Waals surface area contributed by atoms with Crippen LogP contribution in [0.25, 0.3) is 0 Å². The average Bonchev–Trinajstić information content (AvgIpc) is 2.65. The molecule has 0 fully saturated rings. The number of amides is 1. The molecule has 1 amide bonds. The number of hydrogen-bond acceptors (Lipinski definition) is 5. The number of pyridine rings is 1. The Labute approximate surface area is 189 Å². The summed E-state index contributed by atoms with van der Waals surface area (Å²) in [7, 11) is 0. The highest BCUT2D eigenvalue weighted by molar-refractivity contribution is 6.32. The zero-order chi connectivity index (χ0) is 23.2. The van der Waals surface area contributed by atoms with Crippen LogP contribution in [0.3, 0.4) is 0 Å². The fraction of sp³-hybridized carbons (Fsp3) is 0.458. The van der Waals surface area contributed by atoms with Crippen molar-refractivity contribution >= 4 is 17.7 Å². The third-order valence-corrected chi connectivity index (χ3v) is 4.53. The Morgan fingerprint density at radius 2 is 1.87 bits per heavy atom. The largest absolute Gasteiger partial charge is 0.444 e. The van der Waals surface area contributed by atoms with Crippen molar-refractivity contribution in [2.45, 2.75) is 60.1 Å². The maximum absolute atomic E-state index is 12.7. The topological polar surface area (TPSA) is 75.5 Å². The van der Waals surface area contributed by atoms with Crippen molar-refractivity contribution in [1.82, 2.24) is 9.88 Å². The molecule has 166 valence electrons. The monoisotopic (exact) mass is 443 g/mol. The van der Waals surface area contributed by atoms with Gasteiger partial charge in [0.25, 0.3) is 0 Å². The Hall–Kier alpha value is -2.78. The fourth-order valence-corrected chi connectivity index (χ4v) is 2.84. The van der Waals surface area contributed by atoms with Gasteiger partial charge in [-0.25, -0.2) is 9.78 Å². The summed E-state index contributed by atoms with van der Waals surface area (Å²) in [5, 5.41) is 9.27. The Kier molecular flexibility index (Phi) is 7.91. The molecule has 31 heavy (non-hydrogen) atoms. The van der Waals surface area contributed by atoms with E-state index in [9.17, 15) is 4.79 Å². The lowest BCUT2D eigenvalue weighted by atomic mass is 9.92. The Bertz CT molecular complexity index is 939. The molecule has 1 aromatic carbocycles. The molecule has 2 aromatic rings. The molecule has 0 saturated carbocycles. The van der Waals surface area contributed by atoms with Crippen molar-refractivity contribution in [3.05, 3.63) is 52.7 Å². The van der Waals surface area contributed by atoms with Crippen LogP contribution < -0.4 is 4.74 Å². The standard InChI is InChI=1S/C24H30ClN3O3/c1-23(2,3)11-12-28(22(29)31-24(4,5)6)16-17-7-9-20(19(25)13-17)30-21-10-8-18(14-26)15-27-21/h7-10,13,15H,11-12,16H2,1-6H3. The number of nitrogens with zero attached hydrogens (tertiary/aromatic N) is 3. The van der Waals surface area contributed by atoms with Crippen molar-refractivity contribution in [3.63, 3.8) is 0 Å². The van der Waals surface area contributed by atoms with Gasteiger partial charge in [-0.05, 0) is 56.4 Å². The minimum atomic E-state index is -0.569. The van der Waals surface area contributed by atoms with Crippen molar-refractivity contribution in [2.24, 2.45) is 5.41 Å². The number of halogens is 1. The third-order valence-electron chi connectivity index (χ3n) is 4.23. The van der Waals surface area contributed by atoms with Crippen LogP contribution in [0.1, 0.15) is 59.1 Å². The zero-order valence-electron chi connectivity index (χ0n) is 19.0. The number of benzene rings is 1. The minimum absolute atomic E-state index is 0.0870. The molecule has 0 aliphatic rings. The Morgan fingerprint density at radius 3 is 2.39 bits per heavy atom. The van der Waals surface area contributed by atoms with Gasteiger partial charge in [-0.2, -0.15) is 5.26 Å². The quantitative estimate of drug-likeness (QED) is 0.504. The van der Waals surface area contributed by atoms with Gasteiger partial charge in [-0.1, -0.05) is 38.4 Å². The van der Waals surface area contributed by atoms with Crippen molar-refractivity contribution in [1.29, 1.82) is 5.26 Å². The van der Waals surface area contributed by atoms with Crippen molar-refractivity contribution in [3.8, 4) is 17.7 Å². The second-order valence-corrected chi connectivity index (χ2v) is 9.98. The van der Waals surface area contributed by atoms with Gasteiger partial charge in [0, 0.05) is 25.4 Å². The van der Waals surface area contributed by atoms with Crippen LogP contribution in [-0.2, 0) is 11.3 Å². The second kappa shape index (κ2) is 10.0. The summed E-state index contributed by atoms with van der Waals surface area (Å²) in [6.45, 7) is 12.9. The average molecular weight is 444 g/mol. The zero-order valence-corrected chi connectivity index (χ0v) is 19.8. The molecule has 7 heteroatoms. The van der Waals surface area contributed by atoms with E-state index in [4.69, 9.17) is 26.3 Å². The van der Waals surface area contributed by atoms with Gasteiger partial charge in [-0.15, -0.1) is 0 Å². The van der Waals surface area contributed by atoms with Crippen LogP contribution in [0.2, 0.25) is 5.02 Å². The van der Waals surface area contributed by atoms with Crippen LogP contribution in [-0.4, -0.2) is 28.1 Å². The van der Waals surface area contributed by atoms with E-state index in [0.29, 0.717) is 35.3 Å². The molecule has 1 aromatic heterocycles. The summed E-state index contributed by atoms with van der Waals surface area (Å²) >= 11 is 6.42. The first kappa shape index (κ1) is 24.5. The first-order valence-corrected chi connectivity index (χ1v) is 10.5. The molecule has 0 N–H and O–H groups in total. The predicted octanol–water partition coefficient (Wildman–Crippen LogP) is 6.57. The summed E-state index contributed by atoms with van der Waals surface area (Å²) in [5.74, 6) is 0.787.